The van der Waals surface area contributed by atoms with E-state index in [2.05, 4.69) is 16.5 Å². The van der Waals surface area contributed by atoms with Gasteiger partial charge in [0, 0.05) is 13.0 Å². The van der Waals surface area contributed by atoms with Gasteiger partial charge < -0.3 is 4.74 Å². The maximum Gasteiger partial charge on any atom is 0.176 e. The fourth-order valence-corrected chi connectivity index (χ4v) is 2.77. The molecule has 5 heteroatoms. The predicted molar refractivity (Wildman–Crippen MR) is 66.4 cm³/mol. The Morgan fingerprint density at radius 1 is 1.59 bits per heavy atom. The summed E-state index contributed by atoms with van der Waals surface area (Å²) in [5, 5.41) is 4.02. The number of ether oxygens (including phenoxy) is 1. The van der Waals surface area contributed by atoms with Crippen LogP contribution in [-0.2, 0) is 11.2 Å². The minimum Gasteiger partial charge on any atom is -0.378 e. The van der Waals surface area contributed by atoms with Crippen molar-refractivity contribution in [2.24, 2.45) is 0 Å². The van der Waals surface area contributed by atoms with Crippen molar-refractivity contribution < 1.29 is 9.53 Å². The highest BCUT2D eigenvalue weighted by Gasteiger charge is 2.20. The van der Waals surface area contributed by atoms with Crippen LogP contribution in [0.2, 0.25) is 0 Å². The molecule has 1 aromatic heterocycles. The molecule has 0 aromatic carbocycles. The van der Waals surface area contributed by atoms with Crippen LogP contribution in [0.1, 0.15) is 54.4 Å². The summed E-state index contributed by atoms with van der Waals surface area (Å²) in [6.07, 6.45) is 5.75. The molecule has 0 bridgehead atoms. The zero-order valence-electron chi connectivity index (χ0n) is 10.1. The van der Waals surface area contributed by atoms with E-state index in [4.69, 9.17) is 4.74 Å². The number of hydrogen-bond donors (Lipinski definition) is 0. The number of ketones is 1. The molecule has 1 aliphatic rings. The molecule has 2 rings (SSSR count). The number of carbonyl (C=O) groups excluding carboxylic acids is 1. The quantitative estimate of drug-likeness (QED) is 0.732. The topological polar surface area (TPSA) is 52.1 Å². The van der Waals surface area contributed by atoms with Gasteiger partial charge in [-0.05, 0) is 37.2 Å². The summed E-state index contributed by atoms with van der Waals surface area (Å²) in [5.41, 5.74) is 0.870. The van der Waals surface area contributed by atoms with Crippen LogP contribution in [0.15, 0.2) is 0 Å². The minimum absolute atomic E-state index is 0.180. The first-order valence-corrected chi connectivity index (χ1v) is 7.04. The standard InChI is InChI=1S/C12H18N2O2S/c1-2-4-10-12(17-14-13-10)11(15)7-6-9-5-3-8-16-9/h9H,2-8H2,1H3. The van der Waals surface area contributed by atoms with Gasteiger partial charge in [-0.2, -0.15) is 0 Å². The van der Waals surface area contributed by atoms with Gasteiger partial charge in [-0.1, -0.05) is 17.8 Å². The lowest BCUT2D eigenvalue weighted by Gasteiger charge is -2.07. The van der Waals surface area contributed by atoms with E-state index in [1.165, 1.54) is 11.5 Å². The minimum atomic E-state index is 0.180. The Labute approximate surface area is 106 Å². The highest BCUT2D eigenvalue weighted by atomic mass is 32.1. The first-order chi connectivity index (χ1) is 8.31. The van der Waals surface area contributed by atoms with Crippen LogP contribution in [0.25, 0.3) is 0 Å². The van der Waals surface area contributed by atoms with Gasteiger partial charge in [-0.3, -0.25) is 4.79 Å². The lowest BCUT2D eigenvalue weighted by molar-refractivity contribution is 0.0861. The van der Waals surface area contributed by atoms with E-state index in [1.807, 2.05) is 0 Å². The Kier molecular flexibility index (Phi) is 4.62. The smallest absolute Gasteiger partial charge is 0.176 e. The Morgan fingerprint density at radius 2 is 2.47 bits per heavy atom. The summed E-state index contributed by atoms with van der Waals surface area (Å²) in [6, 6.07) is 0. The van der Waals surface area contributed by atoms with Crippen molar-refractivity contribution in [3.63, 3.8) is 0 Å². The number of aromatic nitrogens is 2. The van der Waals surface area contributed by atoms with Crippen molar-refractivity contribution in [1.29, 1.82) is 0 Å². The fraction of sp³-hybridized carbons (Fsp3) is 0.750. The van der Waals surface area contributed by atoms with Crippen molar-refractivity contribution in [3.05, 3.63) is 10.6 Å². The largest absolute Gasteiger partial charge is 0.378 e. The average Bonchev–Trinajstić information content (AvgIpc) is 2.97. The molecule has 1 atom stereocenters. The number of carbonyl (C=O) groups is 1. The van der Waals surface area contributed by atoms with Gasteiger partial charge in [-0.15, -0.1) is 5.10 Å². The van der Waals surface area contributed by atoms with Crippen molar-refractivity contribution in [2.75, 3.05) is 6.61 Å². The van der Waals surface area contributed by atoms with Crippen LogP contribution in [0, 0.1) is 0 Å². The molecule has 1 saturated heterocycles. The zero-order valence-corrected chi connectivity index (χ0v) is 11.0. The first kappa shape index (κ1) is 12.6. The van der Waals surface area contributed by atoms with Crippen LogP contribution in [0.3, 0.4) is 0 Å². The number of Topliss-reactive ketones (excluding diaryl/α,β-unsaturated/α-hetero) is 1. The molecule has 1 aromatic rings. The molecule has 0 N–H and O–H groups in total. The number of aryl methyl sites for hydroxylation is 1. The van der Waals surface area contributed by atoms with E-state index >= 15 is 0 Å². The molecule has 4 nitrogen and oxygen atoms in total. The van der Waals surface area contributed by atoms with E-state index in [0.29, 0.717) is 6.42 Å². The van der Waals surface area contributed by atoms with Crippen molar-refractivity contribution in [1.82, 2.24) is 9.59 Å². The Morgan fingerprint density at radius 3 is 3.18 bits per heavy atom. The van der Waals surface area contributed by atoms with Crippen LogP contribution >= 0.6 is 11.5 Å². The summed E-state index contributed by atoms with van der Waals surface area (Å²) in [5.74, 6) is 0.180. The molecule has 0 radical (unpaired) electrons. The molecule has 1 aliphatic heterocycles. The summed E-state index contributed by atoms with van der Waals surface area (Å²) < 4.78 is 9.40. The second kappa shape index (κ2) is 6.21. The Hall–Kier alpha value is -0.810. The van der Waals surface area contributed by atoms with Gasteiger partial charge in [0.2, 0.25) is 0 Å². The van der Waals surface area contributed by atoms with Gasteiger partial charge >= 0.3 is 0 Å². The fourth-order valence-electron chi connectivity index (χ4n) is 2.10. The number of nitrogens with zero attached hydrogens (tertiary/aromatic N) is 2. The van der Waals surface area contributed by atoms with Crippen LogP contribution < -0.4 is 0 Å². The highest BCUT2D eigenvalue weighted by molar-refractivity contribution is 7.08. The molecule has 2 heterocycles. The Bertz CT molecular complexity index is 372. The third-order valence-electron chi connectivity index (χ3n) is 3.01. The molecule has 0 saturated carbocycles. The summed E-state index contributed by atoms with van der Waals surface area (Å²) in [6.45, 7) is 2.93. The van der Waals surface area contributed by atoms with Crippen molar-refractivity contribution in [3.8, 4) is 0 Å². The lowest BCUT2D eigenvalue weighted by atomic mass is 10.1. The highest BCUT2D eigenvalue weighted by Crippen LogP contribution is 2.20. The summed E-state index contributed by atoms with van der Waals surface area (Å²) >= 11 is 1.23. The second-order valence-electron chi connectivity index (χ2n) is 4.40. The van der Waals surface area contributed by atoms with E-state index in [-0.39, 0.29) is 11.9 Å². The maximum atomic E-state index is 12.0. The first-order valence-electron chi connectivity index (χ1n) is 6.27. The molecule has 0 spiro atoms. The van der Waals surface area contributed by atoms with Crippen LogP contribution in [-0.4, -0.2) is 28.1 Å². The lowest BCUT2D eigenvalue weighted by Crippen LogP contribution is -2.09. The normalized spacial score (nSPS) is 19.7. The molecule has 17 heavy (non-hydrogen) atoms. The van der Waals surface area contributed by atoms with Crippen molar-refractivity contribution >= 4 is 17.3 Å². The van der Waals surface area contributed by atoms with E-state index in [0.717, 1.165) is 49.3 Å². The number of hydrogen-bond acceptors (Lipinski definition) is 5. The summed E-state index contributed by atoms with van der Waals surface area (Å²) in [4.78, 5) is 12.8. The maximum absolute atomic E-state index is 12.0. The van der Waals surface area contributed by atoms with E-state index < -0.39 is 0 Å². The number of rotatable bonds is 6. The van der Waals surface area contributed by atoms with Crippen LogP contribution in [0.5, 0.6) is 0 Å². The van der Waals surface area contributed by atoms with Crippen LogP contribution in [0.4, 0.5) is 0 Å². The zero-order chi connectivity index (χ0) is 12.1. The summed E-state index contributed by atoms with van der Waals surface area (Å²) in [7, 11) is 0. The molecule has 1 fully saturated rings. The van der Waals surface area contributed by atoms with Gasteiger partial charge in [-0.25, -0.2) is 0 Å². The average molecular weight is 254 g/mol. The van der Waals surface area contributed by atoms with Gasteiger partial charge in [0.15, 0.2) is 5.78 Å². The second-order valence-corrected chi connectivity index (χ2v) is 5.15. The predicted octanol–water partition coefficient (Wildman–Crippen LogP) is 2.63. The Balaban J connectivity index is 1.87. The van der Waals surface area contributed by atoms with Gasteiger partial charge in [0.1, 0.15) is 4.88 Å². The van der Waals surface area contributed by atoms with Gasteiger partial charge in [0.05, 0.1) is 11.8 Å². The van der Waals surface area contributed by atoms with Crippen molar-refractivity contribution in [2.45, 2.75) is 51.6 Å². The molecule has 0 amide bonds. The third kappa shape index (κ3) is 3.33. The molecule has 0 aliphatic carbocycles. The monoisotopic (exact) mass is 254 g/mol. The SMILES string of the molecule is CCCc1nnsc1C(=O)CCC1CCCO1. The molecule has 1 unspecified atom stereocenters. The molecule has 94 valence electrons. The van der Waals surface area contributed by atoms with Gasteiger partial charge in [0.25, 0.3) is 0 Å². The molecular weight excluding hydrogens is 236 g/mol. The van der Waals surface area contributed by atoms with E-state index in [9.17, 15) is 4.79 Å². The van der Waals surface area contributed by atoms with E-state index in [1.54, 1.807) is 0 Å². The molecular formula is C12H18N2O2S. The third-order valence-corrected chi connectivity index (χ3v) is 3.82.